The Labute approximate surface area is 105 Å². The summed E-state index contributed by atoms with van der Waals surface area (Å²) in [7, 11) is 0. The molecular formula is C16H24O. The van der Waals surface area contributed by atoms with E-state index in [2.05, 4.69) is 19.1 Å². The summed E-state index contributed by atoms with van der Waals surface area (Å²) in [5.41, 5.74) is 1.73. The van der Waals surface area contributed by atoms with Gasteiger partial charge in [-0.2, -0.15) is 0 Å². The highest BCUT2D eigenvalue weighted by molar-refractivity contribution is 5.87. The Bertz CT molecular complexity index is 337. The fourth-order valence-electron chi connectivity index (χ4n) is 3.34. The zero-order chi connectivity index (χ0) is 12.3. The van der Waals surface area contributed by atoms with E-state index in [9.17, 15) is 4.79 Å². The van der Waals surface area contributed by atoms with Crippen LogP contribution in [0.5, 0.6) is 0 Å². The molecule has 1 fully saturated rings. The molecule has 2 aliphatic carbocycles. The smallest absolute Gasteiger partial charge is 0.152 e. The van der Waals surface area contributed by atoms with Crippen LogP contribution in [0, 0.1) is 17.8 Å². The van der Waals surface area contributed by atoms with Crippen molar-refractivity contribution in [2.24, 2.45) is 17.8 Å². The number of allylic oxidation sites excluding steroid dienone is 4. The van der Waals surface area contributed by atoms with Gasteiger partial charge in [-0.3, -0.25) is 4.79 Å². The van der Waals surface area contributed by atoms with Gasteiger partial charge in [-0.15, -0.1) is 0 Å². The third-order valence-corrected chi connectivity index (χ3v) is 4.46. The van der Waals surface area contributed by atoms with Gasteiger partial charge in [0.15, 0.2) is 5.78 Å². The van der Waals surface area contributed by atoms with E-state index in [-0.39, 0.29) is 5.78 Å². The summed E-state index contributed by atoms with van der Waals surface area (Å²) in [5, 5.41) is 0. The van der Waals surface area contributed by atoms with Gasteiger partial charge in [0.2, 0.25) is 0 Å². The van der Waals surface area contributed by atoms with Crippen LogP contribution in [0.4, 0.5) is 0 Å². The summed E-state index contributed by atoms with van der Waals surface area (Å²) in [6.07, 6.45) is 14.4. The monoisotopic (exact) mass is 232 g/mol. The number of hydrogen-bond acceptors (Lipinski definition) is 1. The lowest BCUT2D eigenvalue weighted by Gasteiger charge is -2.36. The molecule has 2 aliphatic rings. The first-order valence-electron chi connectivity index (χ1n) is 7.04. The summed E-state index contributed by atoms with van der Waals surface area (Å²) in [4.78, 5) is 11.0. The molecule has 0 aromatic heterocycles. The van der Waals surface area contributed by atoms with Gasteiger partial charge in [0.05, 0.1) is 0 Å². The van der Waals surface area contributed by atoms with Crippen LogP contribution in [0.3, 0.4) is 0 Å². The van der Waals surface area contributed by atoms with Crippen molar-refractivity contribution in [3.63, 3.8) is 0 Å². The standard InChI is InChI=1S/C16H24O/c1-12(7-8-13(2)17)15-10-9-14-5-3-4-6-16(14)11-15/h5,7-8,12,15-16H,3-4,6,9-11H2,1-2H3/b8-7+. The molecule has 0 amide bonds. The predicted molar refractivity (Wildman–Crippen MR) is 71.8 cm³/mol. The number of carbonyl (C=O) groups excluding carboxylic acids is 1. The van der Waals surface area contributed by atoms with Crippen LogP contribution in [0.25, 0.3) is 0 Å². The van der Waals surface area contributed by atoms with E-state index in [1.807, 2.05) is 0 Å². The summed E-state index contributed by atoms with van der Waals surface area (Å²) in [6, 6.07) is 0. The Kier molecular flexibility index (Phi) is 4.20. The molecule has 0 aromatic carbocycles. The van der Waals surface area contributed by atoms with Gasteiger partial charge in [0.1, 0.15) is 0 Å². The third kappa shape index (κ3) is 3.31. The predicted octanol–water partition coefficient (Wildman–Crippen LogP) is 4.29. The summed E-state index contributed by atoms with van der Waals surface area (Å²) >= 11 is 0. The van der Waals surface area contributed by atoms with Crippen molar-refractivity contribution in [2.75, 3.05) is 0 Å². The molecule has 3 atom stereocenters. The summed E-state index contributed by atoms with van der Waals surface area (Å²) < 4.78 is 0. The number of carbonyl (C=O) groups is 1. The van der Waals surface area contributed by atoms with Crippen molar-refractivity contribution in [1.82, 2.24) is 0 Å². The largest absolute Gasteiger partial charge is 0.295 e. The molecule has 1 saturated carbocycles. The van der Waals surface area contributed by atoms with Gasteiger partial charge in [0.25, 0.3) is 0 Å². The van der Waals surface area contributed by atoms with Gasteiger partial charge in [-0.25, -0.2) is 0 Å². The van der Waals surface area contributed by atoms with E-state index in [1.165, 1.54) is 38.5 Å². The average Bonchev–Trinajstić information content (AvgIpc) is 2.35. The highest BCUT2D eigenvalue weighted by Gasteiger charge is 2.29. The highest BCUT2D eigenvalue weighted by atomic mass is 16.1. The minimum Gasteiger partial charge on any atom is -0.295 e. The second-order valence-corrected chi connectivity index (χ2v) is 5.77. The molecule has 0 saturated heterocycles. The molecule has 2 rings (SSSR count). The molecule has 17 heavy (non-hydrogen) atoms. The number of ketones is 1. The van der Waals surface area contributed by atoms with E-state index >= 15 is 0 Å². The SMILES string of the molecule is CC(=O)/C=C/C(C)C1CCC2=CCCCC2C1. The molecular weight excluding hydrogens is 208 g/mol. The van der Waals surface area contributed by atoms with Crippen LogP contribution in [0.1, 0.15) is 52.4 Å². The number of fused-ring (bicyclic) bond motifs is 1. The van der Waals surface area contributed by atoms with Crippen molar-refractivity contribution < 1.29 is 4.79 Å². The molecule has 0 heterocycles. The number of rotatable bonds is 3. The fourth-order valence-corrected chi connectivity index (χ4v) is 3.34. The van der Waals surface area contributed by atoms with E-state index in [1.54, 1.807) is 18.6 Å². The Hall–Kier alpha value is -0.850. The lowest BCUT2D eigenvalue weighted by molar-refractivity contribution is -0.112. The van der Waals surface area contributed by atoms with Crippen molar-refractivity contribution in [3.05, 3.63) is 23.8 Å². The Morgan fingerprint density at radius 2 is 2.29 bits per heavy atom. The molecule has 0 radical (unpaired) electrons. The molecule has 1 nitrogen and oxygen atoms in total. The molecule has 0 bridgehead atoms. The van der Waals surface area contributed by atoms with Gasteiger partial charge >= 0.3 is 0 Å². The van der Waals surface area contributed by atoms with Crippen LogP contribution < -0.4 is 0 Å². The van der Waals surface area contributed by atoms with Crippen molar-refractivity contribution >= 4 is 5.78 Å². The molecule has 3 unspecified atom stereocenters. The molecule has 0 N–H and O–H groups in total. The highest BCUT2D eigenvalue weighted by Crippen LogP contribution is 2.42. The van der Waals surface area contributed by atoms with E-state index in [0.717, 1.165) is 11.8 Å². The van der Waals surface area contributed by atoms with Crippen LogP contribution >= 0.6 is 0 Å². The van der Waals surface area contributed by atoms with Crippen molar-refractivity contribution in [1.29, 1.82) is 0 Å². The topological polar surface area (TPSA) is 17.1 Å². The molecule has 94 valence electrons. The van der Waals surface area contributed by atoms with E-state index < -0.39 is 0 Å². The maximum Gasteiger partial charge on any atom is 0.152 e. The maximum atomic E-state index is 11.0. The zero-order valence-corrected chi connectivity index (χ0v) is 11.1. The van der Waals surface area contributed by atoms with Gasteiger partial charge in [-0.05, 0) is 69.3 Å². The second kappa shape index (κ2) is 5.66. The van der Waals surface area contributed by atoms with Gasteiger partial charge in [0, 0.05) is 0 Å². The van der Waals surface area contributed by atoms with Crippen molar-refractivity contribution in [3.8, 4) is 0 Å². The van der Waals surface area contributed by atoms with Gasteiger partial charge in [-0.1, -0.05) is 24.6 Å². The van der Waals surface area contributed by atoms with E-state index in [4.69, 9.17) is 0 Å². The summed E-state index contributed by atoms with van der Waals surface area (Å²) in [5.74, 6) is 2.37. The lowest BCUT2D eigenvalue weighted by Crippen LogP contribution is -2.23. The lowest BCUT2D eigenvalue weighted by atomic mass is 9.70. The first kappa shape index (κ1) is 12.6. The Morgan fingerprint density at radius 3 is 3.06 bits per heavy atom. The minimum absolute atomic E-state index is 0.172. The van der Waals surface area contributed by atoms with Crippen LogP contribution in [0.15, 0.2) is 23.8 Å². The number of hydrogen-bond donors (Lipinski definition) is 0. The molecule has 0 aromatic rings. The van der Waals surface area contributed by atoms with Crippen LogP contribution in [-0.2, 0) is 4.79 Å². The zero-order valence-electron chi connectivity index (χ0n) is 11.1. The third-order valence-electron chi connectivity index (χ3n) is 4.46. The molecule has 1 heteroatoms. The molecule has 0 aliphatic heterocycles. The maximum absolute atomic E-state index is 11.0. The molecule has 0 spiro atoms. The normalized spacial score (nSPS) is 30.8. The van der Waals surface area contributed by atoms with Crippen LogP contribution in [-0.4, -0.2) is 5.78 Å². The Balaban J connectivity index is 1.93. The van der Waals surface area contributed by atoms with E-state index in [0.29, 0.717) is 5.92 Å². The fraction of sp³-hybridized carbons (Fsp3) is 0.688. The second-order valence-electron chi connectivity index (χ2n) is 5.77. The first-order valence-corrected chi connectivity index (χ1v) is 7.04. The average molecular weight is 232 g/mol. The van der Waals surface area contributed by atoms with Crippen molar-refractivity contribution in [2.45, 2.75) is 52.4 Å². The minimum atomic E-state index is 0.172. The van der Waals surface area contributed by atoms with Crippen LogP contribution in [0.2, 0.25) is 0 Å². The van der Waals surface area contributed by atoms with Gasteiger partial charge < -0.3 is 0 Å². The Morgan fingerprint density at radius 1 is 1.47 bits per heavy atom. The summed E-state index contributed by atoms with van der Waals surface area (Å²) in [6.45, 7) is 3.90. The quantitative estimate of drug-likeness (QED) is 0.524. The first-order chi connectivity index (χ1) is 8.16.